The standard InChI is InChI=1S/C17H23N3/c1-13(15-6-4-10-20(2)12-15)19-16-7-8-17-14(11-16)5-3-9-18-17/h3,5,7-9,11,13,15,19H,4,6,10,12H2,1-2H3. The van der Waals surface area contributed by atoms with E-state index in [1.807, 2.05) is 12.3 Å². The van der Waals surface area contributed by atoms with Crippen LogP contribution in [0.25, 0.3) is 10.9 Å². The zero-order valence-electron chi connectivity index (χ0n) is 12.3. The summed E-state index contributed by atoms with van der Waals surface area (Å²) < 4.78 is 0. The third-order valence-corrected chi connectivity index (χ3v) is 4.37. The number of benzene rings is 1. The Bertz CT molecular complexity index is 581. The molecule has 1 aliphatic rings. The molecule has 3 heteroatoms. The van der Waals surface area contributed by atoms with E-state index in [0.29, 0.717) is 6.04 Å². The van der Waals surface area contributed by atoms with Crippen molar-refractivity contribution in [3.8, 4) is 0 Å². The van der Waals surface area contributed by atoms with Crippen molar-refractivity contribution in [2.75, 3.05) is 25.5 Å². The van der Waals surface area contributed by atoms with Crippen molar-refractivity contribution in [2.24, 2.45) is 5.92 Å². The van der Waals surface area contributed by atoms with Gasteiger partial charge in [-0.25, -0.2) is 0 Å². The topological polar surface area (TPSA) is 28.2 Å². The van der Waals surface area contributed by atoms with Crippen LogP contribution in [0.5, 0.6) is 0 Å². The Labute approximate surface area is 121 Å². The molecule has 1 aromatic heterocycles. The predicted molar refractivity (Wildman–Crippen MR) is 85.0 cm³/mol. The Hall–Kier alpha value is -1.61. The van der Waals surface area contributed by atoms with E-state index in [1.165, 1.54) is 37.0 Å². The molecule has 3 rings (SSSR count). The van der Waals surface area contributed by atoms with Crippen LogP contribution in [0.15, 0.2) is 36.5 Å². The fourth-order valence-corrected chi connectivity index (χ4v) is 3.16. The van der Waals surface area contributed by atoms with Crippen LogP contribution in [0, 0.1) is 5.92 Å². The Balaban J connectivity index is 1.71. The second kappa shape index (κ2) is 5.80. The lowest BCUT2D eigenvalue weighted by Gasteiger charge is -2.34. The minimum Gasteiger partial charge on any atom is -0.382 e. The van der Waals surface area contributed by atoms with E-state index in [-0.39, 0.29) is 0 Å². The van der Waals surface area contributed by atoms with Gasteiger partial charge in [0.2, 0.25) is 0 Å². The molecule has 1 aromatic carbocycles. The van der Waals surface area contributed by atoms with Crippen LogP contribution in [0.2, 0.25) is 0 Å². The van der Waals surface area contributed by atoms with Gasteiger partial charge < -0.3 is 10.2 Å². The summed E-state index contributed by atoms with van der Waals surface area (Å²) in [6, 6.07) is 11.0. The highest BCUT2D eigenvalue weighted by atomic mass is 15.1. The average molecular weight is 269 g/mol. The molecular formula is C17H23N3. The molecule has 0 radical (unpaired) electrons. The minimum atomic E-state index is 0.506. The first-order valence-electron chi connectivity index (χ1n) is 7.52. The minimum absolute atomic E-state index is 0.506. The molecule has 1 saturated heterocycles. The van der Waals surface area contributed by atoms with Crippen LogP contribution in [0.4, 0.5) is 5.69 Å². The van der Waals surface area contributed by atoms with Gasteiger partial charge in [0.15, 0.2) is 0 Å². The number of pyridine rings is 1. The highest BCUT2D eigenvalue weighted by Gasteiger charge is 2.22. The lowest BCUT2D eigenvalue weighted by atomic mass is 9.91. The van der Waals surface area contributed by atoms with E-state index in [1.54, 1.807) is 0 Å². The van der Waals surface area contributed by atoms with Gasteiger partial charge in [-0.3, -0.25) is 4.98 Å². The first-order valence-corrected chi connectivity index (χ1v) is 7.52. The molecule has 1 N–H and O–H groups in total. The number of rotatable bonds is 3. The summed E-state index contributed by atoms with van der Waals surface area (Å²) in [6.45, 7) is 4.74. The lowest BCUT2D eigenvalue weighted by Crippen LogP contribution is -2.39. The number of hydrogen-bond donors (Lipinski definition) is 1. The maximum absolute atomic E-state index is 4.37. The quantitative estimate of drug-likeness (QED) is 0.926. The van der Waals surface area contributed by atoms with Gasteiger partial charge >= 0.3 is 0 Å². The molecule has 2 unspecified atom stereocenters. The molecule has 0 saturated carbocycles. The molecule has 3 nitrogen and oxygen atoms in total. The number of fused-ring (bicyclic) bond motifs is 1. The van der Waals surface area contributed by atoms with Gasteiger partial charge in [-0.05, 0) is 63.5 Å². The SMILES string of the molecule is CC(Nc1ccc2ncccc2c1)C1CCCN(C)C1. The average Bonchev–Trinajstić information content (AvgIpc) is 2.47. The molecule has 20 heavy (non-hydrogen) atoms. The fourth-order valence-electron chi connectivity index (χ4n) is 3.16. The van der Waals surface area contributed by atoms with Gasteiger partial charge in [0.1, 0.15) is 0 Å². The van der Waals surface area contributed by atoms with Crippen LogP contribution in [-0.2, 0) is 0 Å². The first-order chi connectivity index (χ1) is 9.72. The zero-order chi connectivity index (χ0) is 13.9. The van der Waals surface area contributed by atoms with Crippen LogP contribution >= 0.6 is 0 Å². The van der Waals surface area contributed by atoms with Crippen molar-refractivity contribution in [3.63, 3.8) is 0 Å². The van der Waals surface area contributed by atoms with E-state index in [0.717, 1.165) is 11.4 Å². The molecule has 2 heterocycles. The summed E-state index contributed by atoms with van der Waals surface area (Å²) in [7, 11) is 2.22. The fraction of sp³-hybridized carbons (Fsp3) is 0.471. The van der Waals surface area contributed by atoms with Crippen LogP contribution in [-0.4, -0.2) is 36.1 Å². The lowest BCUT2D eigenvalue weighted by molar-refractivity contribution is 0.197. The van der Waals surface area contributed by atoms with Gasteiger partial charge in [-0.15, -0.1) is 0 Å². The monoisotopic (exact) mass is 269 g/mol. The first kappa shape index (κ1) is 13.4. The Morgan fingerprint density at radius 3 is 3.10 bits per heavy atom. The molecule has 2 atom stereocenters. The van der Waals surface area contributed by atoms with Crippen molar-refractivity contribution < 1.29 is 0 Å². The van der Waals surface area contributed by atoms with E-state index in [9.17, 15) is 0 Å². The summed E-state index contributed by atoms with van der Waals surface area (Å²) in [4.78, 5) is 6.81. The van der Waals surface area contributed by atoms with E-state index < -0.39 is 0 Å². The zero-order valence-corrected chi connectivity index (χ0v) is 12.3. The van der Waals surface area contributed by atoms with Crippen molar-refractivity contribution in [1.82, 2.24) is 9.88 Å². The maximum atomic E-state index is 4.37. The summed E-state index contributed by atoms with van der Waals surface area (Å²) in [6.07, 6.45) is 4.48. The highest BCUT2D eigenvalue weighted by molar-refractivity contribution is 5.82. The number of piperidine rings is 1. The highest BCUT2D eigenvalue weighted by Crippen LogP contribution is 2.23. The normalized spacial score (nSPS) is 21.8. The molecule has 106 valence electrons. The van der Waals surface area contributed by atoms with E-state index >= 15 is 0 Å². The smallest absolute Gasteiger partial charge is 0.0703 e. The predicted octanol–water partition coefficient (Wildman–Crippen LogP) is 3.38. The van der Waals surface area contributed by atoms with Crippen molar-refractivity contribution >= 4 is 16.6 Å². The Morgan fingerprint density at radius 1 is 1.35 bits per heavy atom. The van der Waals surface area contributed by atoms with Gasteiger partial charge in [-0.1, -0.05) is 6.07 Å². The van der Waals surface area contributed by atoms with E-state index in [4.69, 9.17) is 0 Å². The maximum Gasteiger partial charge on any atom is 0.0703 e. The van der Waals surface area contributed by atoms with Crippen molar-refractivity contribution in [1.29, 1.82) is 0 Å². The van der Waals surface area contributed by atoms with Crippen molar-refractivity contribution in [2.45, 2.75) is 25.8 Å². The van der Waals surface area contributed by atoms with Crippen molar-refractivity contribution in [3.05, 3.63) is 36.5 Å². The summed E-state index contributed by atoms with van der Waals surface area (Å²) >= 11 is 0. The van der Waals surface area contributed by atoms with Gasteiger partial charge in [0.05, 0.1) is 5.52 Å². The number of aromatic nitrogens is 1. The number of hydrogen-bond acceptors (Lipinski definition) is 3. The van der Waals surface area contributed by atoms with E-state index in [2.05, 4.69) is 53.4 Å². The Kier molecular flexibility index (Phi) is 3.88. The number of nitrogens with one attached hydrogen (secondary N) is 1. The molecule has 2 aromatic rings. The molecular weight excluding hydrogens is 246 g/mol. The number of nitrogens with zero attached hydrogens (tertiary/aromatic N) is 2. The molecule has 0 spiro atoms. The summed E-state index contributed by atoms with van der Waals surface area (Å²) in [5, 5.41) is 4.87. The van der Waals surface area contributed by atoms with Gasteiger partial charge in [0, 0.05) is 29.9 Å². The second-order valence-electron chi connectivity index (χ2n) is 6.01. The van der Waals surface area contributed by atoms with Gasteiger partial charge in [0.25, 0.3) is 0 Å². The molecule has 1 aliphatic heterocycles. The molecule has 0 bridgehead atoms. The van der Waals surface area contributed by atoms with Crippen LogP contribution < -0.4 is 5.32 Å². The summed E-state index contributed by atoms with van der Waals surface area (Å²) in [5.74, 6) is 0.735. The third kappa shape index (κ3) is 2.93. The van der Waals surface area contributed by atoms with Crippen LogP contribution in [0.1, 0.15) is 19.8 Å². The molecule has 0 aliphatic carbocycles. The summed E-state index contributed by atoms with van der Waals surface area (Å²) in [5.41, 5.74) is 2.26. The molecule has 1 fully saturated rings. The number of likely N-dealkylation sites (tertiary alicyclic amines) is 1. The third-order valence-electron chi connectivity index (χ3n) is 4.37. The van der Waals surface area contributed by atoms with Crippen LogP contribution in [0.3, 0.4) is 0 Å². The molecule has 0 amide bonds. The second-order valence-corrected chi connectivity index (χ2v) is 6.01. The van der Waals surface area contributed by atoms with Gasteiger partial charge in [-0.2, -0.15) is 0 Å². The largest absolute Gasteiger partial charge is 0.382 e. The number of anilines is 1. The Morgan fingerprint density at radius 2 is 2.25 bits per heavy atom.